The van der Waals surface area contributed by atoms with Gasteiger partial charge in [0.25, 0.3) is 5.91 Å². The molecule has 5 nitrogen and oxygen atoms in total. The zero-order chi connectivity index (χ0) is 15.3. The molecule has 0 radical (unpaired) electrons. The molecule has 1 aliphatic rings. The molecule has 0 fully saturated rings. The molecule has 0 bridgehead atoms. The Bertz CT molecular complexity index is 902. The van der Waals surface area contributed by atoms with Crippen LogP contribution in [0.25, 0.3) is 22.0 Å². The van der Waals surface area contributed by atoms with Crippen LogP contribution in [0, 0.1) is 6.92 Å². The maximum atomic E-state index is 12.2. The van der Waals surface area contributed by atoms with Gasteiger partial charge < -0.3 is 9.88 Å². The number of aromatic nitrogens is 3. The quantitative estimate of drug-likeness (QED) is 0.751. The number of amides is 1. The Morgan fingerprint density at radius 1 is 1.27 bits per heavy atom. The normalized spacial score (nSPS) is 14.0. The fourth-order valence-corrected chi connectivity index (χ4v) is 3.38. The summed E-state index contributed by atoms with van der Waals surface area (Å²) < 4.78 is 2.07. The molecule has 3 heterocycles. The van der Waals surface area contributed by atoms with Gasteiger partial charge in [0.15, 0.2) is 0 Å². The van der Waals surface area contributed by atoms with Crippen molar-refractivity contribution in [3.8, 4) is 11.1 Å². The number of carbonyl (C=O) groups is 1. The first-order valence-corrected chi connectivity index (χ1v) is 7.40. The maximum absolute atomic E-state index is 12.2. The number of aryl methyl sites for hydroxylation is 1. The second-order valence-electron chi connectivity index (χ2n) is 5.36. The van der Waals surface area contributed by atoms with Gasteiger partial charge in [0, 0.05) is 47.0 Å². The average molecular weight is 313 g/mol. The Labute approximate surface area is 131 Å². The van der Waals surface area contributed by atoms with E-state index in [1.54, 1.807) is 12.4 Å². The second kappa shape index (κ2) is 4.81. The van der Waals surface area contributed by atoms with Crippen LogP contribution in [0.4, 0.5) is 0 Å². The Hall–Kier alpha value is -2.40. The molecular formula is C16H13ClN4O. The van der Waals surface area contributed by atoms with Crippen LogP contribution < -0.4 is 5.32 Å². The molecule has 0 atom stereocenters. The van der Waals surface area contributed by atoms with Gasteiger partial charge in [0.05, 0.1) is 5.52 Å². The predicted octanol–water partition coefficient (Wildman–Crippen LogP) is 2.80. The average Bonchev–Trinajstić information content (AvgIpc) is 2.82. The highest BCUT2D eigenvalue weighted by Gasteiger charge is 2.25. The topological polar surface area (TPSA) is 59.8 Å². The molecule has 0 unspecified atom stereocenters. The smallest absolute Gasteiger partial charge is 0.268 e. The van der Waals surface area contributed by atoms with E-state index in [0.717, 1.165) is 34.1 Å². The summed E-state index contributed by atoms with van der Waals surface area (Å²) in [5, 5.41) is 4.53. The molecule has 0 aliphatic carbocycles. The van der Waals surface area contributed by atoms with Crippen LogP contribution in [0.5, 0.6) is 0 Å². The predicted molar refractivity (Wildman–Crippen MR) is 85.0 cm³/mol. The Kier molecular flexibility index (Phi) is 2.90. The minimum Gasteiger partial charge on any atom is -0.349 e. The lowest BCUT2D eigenvalue weighted by molar-refractivity contribution is 0.0928. The Morgan fingerprint density at radius 3 is 2.82 bits per heavy atom. The van der Waals surface area contributed by atoms with E-state index in [1.807, 2.05) is 19.1 Å². The number of carbonyl (C=O) groups excluding carboxylic acids is 1. The number of halogens is 1. The first-order valence-electron chi connectivity index (χ1n) is 7.02. The molecule has 1 N–H and O–H groups in total. The van der Waals surface area contributed by atoms with Crippen molar-refractivity contribution in [3.05, 3.63) is 47.1 Å². The highest BCUT2D eigenvalue weighted by molar-refractivity contribution is 6.32. The van der Waals surface area contributed by atoms with Crippen LogP contribution in [0.15, 0.2) is 30.9 Å². The zero-order valence-electron chi connectivity index (χ0n) is 11.9. The van der Waals surface area contributed by atoms with Crippen LogP contribution in [0.3, 0.4) is 0 Å². The van der Waals surface area contributed by atoms with Crippen molar-refractivity contribution < 1.29 is 4.79 Å². The van der Waals surface area contributed by atoms with Gasteiger partial charge in [0.2, 0.25) is 0 Å². The van der Waals surface area contributed by atoms with E-state index in [9.17, 15) is 4.79 Å². The van der Waals surface area contributed by atoms with Crippen LogP contribution in [0.2, 0.25) is 5.02 Å². The van der Waals surface area contributed by atoms with Gasteiger partial charge >= 0.3 is 0 Å². The molecular weight excluding hydrogens is 300 g/mol. The number of fused-ring (bicyclic) bond motifs is 3. The van der Waals surface area contributed by atoms with E-state index in [1.165, 1.54) is 6.33 Å². The third-order valence-corrected chi connectivity index (χ3v) is 4.30. The monoisotopic (exact) mass is 312 g/mol. The van der Waals surface area contributed by atoms with Gasteiger partial charge in [-0.3, -0.25) is 4.79 Å². The molecule has 4 rings (SSSR count). The van der Waals surface area contributed by atoms with E-state index in [-0.39, 0.29) is 5.91 Å². The van der Waals surface area contributed by atoms with Crippen molar-refractivity contribution in [2.45, 2.75) is 13.5 Å². The maximum Gasteiger partial charge on any atom is 0.268 e. The lowest BCUT2D eigenvalue weighted by Crippen LogP contribution is -2.35. The molecule has 1 aromatic carbocycles. The molecule has 110 valence electrons. The van der Waals surface area contributed by atoms with Crippen molar-refractivity contribution in [1.82, 2.24) is 19.9 Å². The number of rotatable bonds is 1. The van der Waals surface area contributed by atoms with Gasteiger partial charge in [-0.1, -0.05) is 11.6 Å². The van der Waals surface area contributed by atoms with E-state index in [4.69, 9.17) is 11.6 Å². The number of nitrogens with one attached hydrogen (secondary N) is 1. The van der Waals surface area contributed by atoms with E-state index >= 15 is 0 Å². The third kappa shape index (κ3) is 1.82. The van der Waals surface area contributed by atoms with E-state index in [0.29, 0.717) is 17.3 Å². The van der Waals surface area contributed by atoms with E-state index in [2.05, 4.69) is 19.9 Å². The summed E-state index contributed by atoms with van der Waals surface area (Å²) in [6.07, 6.45) is 5.02. The summed E-state index contributed by atoms with van der Waals surface area (Å²) in [5.41, 5.74) is 4.52. The molecule has 0 spiro atoms. The molecule has 3 aromatic rings. The molecule has 22 heavy (non-hydrogen) atoms. The Balaban J connectivity index is 2.14. The fraction of sp³-hybridized carbons (Fsp3) is 0.188. The van der Waals surface area contributed by atoms with Crippen molar-refractivity contribution in [2.24, 2.45) is 0 Å². The summed E-state index contributed by atoms with van der Waals surface area (Å²) in [6, 6.07) is 3.82. The fourth-order valence-electron chi connectivity index (χ4n) is 3.16. The second-order valence-corrected chi connectivity index (χ2v) is 5.79. The van der Waals surface area contributed by atoms with Crippen molar-refractivity contribution in [1.29, 1.82) is 0 Å². The molecule has 0 saturated carbocycles. The number of hydrogen-bond donors (Lipinski definition) is 1. The lowest BCUT2D eigenvalue weighted by atomic mass is 10.0. The van der Waals surface area contributed by atoms with Crippen molar-refractivity contribution >= 4 is 28.4 Å². The number of benzene rings is 1. The summed E-state index contributed by atoms with van der Waals surface area (Å²) in [7, 11) is 0. The van der Waals surface area contributed by atoms with Gasteiger partial charge in [0.1, 0.15) is 12.0 Å². The molecule has 0 saturated heterocycles. The highest BCUT2D eigenvalue weighted by Crippen LogP contribution is 2.36. The van der Waals surface area contributed by atoms with Gasteiger partial charge in [-0.2, -0.15) is 0 Å². The van der Waals surface area contributed by atoms with Crippen molar-refractivity contribution in [3.63, 3.8) is 0 Å². The summed E-state index contributed by atoms with van der Waals surface area (Å²) in [6.45, 7) is 3.33. The standard InChI is InChI=1S/C16H13ClN4O/c1-9-12-4-11(17)5-13(10-6-18-8-19-7-10)15(12)21-3-2-20-16(22)14(9)21/h4-8H,2-3H2,1H3,(H,20,22). The van der Waals surface area contributed by atoms with Crippen LogP contribution in [-0.4, -0.2) is 27.0 Å². The SMILES string of the molecule is Cc1c2n(c3c(-c4cncnc4)cc(Cl)cc13)CCNC2=O. The molecule has 1 aliphatic heterocycles. The number of hydrogen-bond acceptors (Lipinski definition) is 3. The van der Waals surface area contributed by atoms with Gasteiger partial charge in [-0.05, 0) is 24.6 Å². The first-order chi connectivity index (χ1) is 10.7. The third-order valence-electron chi connectivity index (χ3n) is 4.08. The zero-order valence-corrected chi connectivity index (χ0v) is 12.7. The highest BCUT2D eigenvalue weighted by atomic mass is 35.5. The summed E-state index contributed by atoms with van der Waals surface area (Å²) in [5.74, 6) is -0.0358. The van der Waals surface area contributed by atoms with Gasteiger partial charge in [-0.25, -0.2) is 9.97 Å². The van der Waals surface area contributed by atoms with Crippen molar-refractivity contribution in [2.75, 3.05) is 6.54 Å². The van der Waals surface area contributed by atoms with Gasteiger partial charge in [-0.15, -0.1) is 0 Å². The van der Waals surface area contributed by atoms with E-state index < -0.39 is 0 Å². The van der Waals surface area contributed by atoms with Crippen LogP contribution in [-0.2, 0) is 6.54 Å². The minimum absolute atomic E-state index is 0.0358. The molecule has 6 heteroatoms. The van der Waals surface area contributed by atoms with Crippen LogP contribution in [0.1, 0.15) is 16.1 Å². The largest absolute Gasteiger partial charge is 0.349 e. The molecule has 1 amide bonds. The summed E-state index contributed by atoms with van der Waals surface area (Å²) in [4.78, 5) is 20.4. The number of nitrogens with zero attached hydrogens (tertiary/aromatic N) is 3. The molecule has 2 aromatic heterocycles. The first kappa shape index (κ1) is 13.3. The lowest BCUT2D eigenvalue weighted by Gasteiger charge is -2.18. The minimum atomic E-state index is -0.0358. The Morgan fingerprint density at radius 2 is 2.05 bits per heavy atom. The van der Waals surface area contributed by atoms with Crippen LogP contribution >= 0.6 is 11.6 Å². The summed E-state index contributed by atoms with van der Waals surface area (Å²) >= 11 is 6.30.